The summed E-state index contributed by atoms with van der Waals surface area (Å²) in [5.41, 5.74) is 7.87. The molecule has 2 bridgehead atoms. The molecule has 5 rings (SSSR count). The van der Waals surface area contributed by atoms with Crippen molar-refractivity contribution in [3.63, 3.8) is 0 Å². The van der Waals surface area contributed by atoms with E-state index in [-0.39, 0.29) is 23.8 Å². The van der Waals surface area contributed by atoms with Crippen molar-refractivity contribution in [2.75, 3.05) is 18.8 Å². The second kappa shape index (κ2) is 6.68. The molecule has 27 heavy (non-hydrogen) atoms. The summed E-state index contributed by atoms with van der Waals surface area (Å²) in [7, 11) is 0. The molecule has 0 spiro atoms. The predicted molar refractivity (Wildman–Crippen MR) is 97.6 cm³/mol. The quantitative estimate of drug-likeness (QED) is 0.880. The smallest absolute Gasteiger partial charge is 0.255 e. The Hall–Kier alpha value is -2.90. The summed E-state index contributed by atoms with van der Waals surface area (Å²) in [5.74, 6) is 0.947. The van der Waals surface area contributed by atoms with Gasteiger partial charge in [-0.3, -0.25) is 9.59 Å². The normalized spacial score (nSPS) is 22.2. The lowest BCUT2D eigenvalue weighted by Crippen LogP contribution is -2.47. The maximum Gasteiger partial charge on any atom is 0.255 e. The lowest BCUT2D eigenvalue weighted by Gasteiger charge is -2.35. The monoisotopic (exact) mass is 369 g/mol. The van der Waals surface area contributed by atoms with E-state index in [1.807, 2.05) is 18.7 Å². The molecular formula is C19H23N5O3. The number of anilines is 1. The van der Waals surface area contributed by atoms with Crippen LogP contribution in [0.5, 0.6) is 0 Å². The molecule has 2 aromatic heterocycles. The van der Waals surface area contributed by atoms with Crippen LogP contribution < -0.4 is 5.73 Å². The number of hydrogen-bond acceptors (Lipinski definition) is 6. The molecule has 2 atom stereocenters. The van der Waals surface area contributed by atoms with Gasteiger partial charge in [-0.05, 0) is 38.8 Å². The summed E-state index contributed by atoms with van der Waals surface area (Å²) < 4.78 is 5.24. The number of amides is 2. The third kappa shape index (κ3) is 3.15. The number of rotatable bonds is 3. The zero-order valence-corrected chi connectivity index (χ0v) is 15.5. The fourth-order valence-electron chi connectivity index (χ4n) is 4.03. The molecule has 0 saturated carbocycles. The van der Waals surface area contributed by atoms with E-state index in [1.54, 1.807) is 17.0 Å². The summed E-state index contributed by atoms with van der Waals surface area (Å²) >= 11 is 0. The number of nitrogens with zero attached hydrogens (tertiary/aromatic N) is 4. The van der Waals surface area contributed by atoms with Crippen molar-refractivity contribution in [1.82, 2.24) is 19.9 Å². The minimum Gasteiger partial charge on any atom is -0.384 e. The van der Waals surface area contributed by atoms with Crippen molar-refractivity contribution in [3.8, 4) is 0 Å². The van der Waals surface area contributed by atoms with Gasteiger partial charge in [0.2, 0.25) is 5.91 Å². The number of carbonyl (C=O) groups excluding carboxylic acids is 2. The molecule has 8 heteroatoms. The summed E-state index contributed by atoms with van der Waals surface area (Å²) in [6.07, 6.45) is 3.20. The van der Waals surface area contributed by atoms with Crippen LogP contribution in [0.3, 0.4) is 0 Å². The predicted octanol–water partition coefficient (Wildman–Crippen LogP) is 1.53. The van der Waals surface area contributed by atoms with Gasteiger partial charge in [-0.15, -0.1) is 0 Å². The molecule has 2 unspecified atom stereocenters. The van der Waals surface area contributed by atoms with E-state index in [2.05, 4.69) is 10.1 Å². The molecule has 2 aromatic rings. The number of nitrogens with two attached hydrogens (primary N) is 1. The maximum absolute atomic E-state index is 13.0. The molecule has 3 saturated heterocycles. The molecule has 0 radical (unpaired) electrons. The molecule has 3 fully saturated rings. The number of hydrogen-bond donors (Lipinski definition) is 1. The molecule has 2 amide bonds. The van der Waals surface area contributed by atoms with Crippen molar-refractivity contribution in [2.45, 2.75) is 39.3 Å². The lowest BCUT2D eigenvalue weighted by molar-refractivity contribution is -0.140. The first kappa shape index (κ1) is 17.5. The zero-order valence-electron chi connectivity index (χ0n) is 15.5. The topological polar surface area (TPSA) is 106 Å². The van der Waals surface area contributed by atoms with Crippen molar-refractivity contribution >= 4 is 17.6 Å². The maximum atomic E-state index is 13.0. The highest BCUT2D eigenvalue weighted by atomic mass is 16.5. The fourth-order valence-corrected chi connectivity index (χ4v) is 4.03. The highest BCUT2D eigenvalue weighted by molar-refractivity contribution is 5.95. The van der Waals surface area contributed by atoms with E-state index >= 15 is 0 Å². The molecule has 142 valence electrons. The largest absolute Gasteiger partial charge is 0.384 e. The van der Waals surface area contributed by atoms with E-state index in [1.165, 1.54) is 6.20 Å². The number of pyridine rings is 1. The molecule has 8 nitrogen and oxygen atoms in total. The summed E-state index contributed by atoms with van der Waals surface area (Å²) in [4.78, 5) is 33.6. The Morgan fingerprint density at radius 3 is 2.78 bits per heavy atom. The first-order valence-corrected chi connectivity index (χ1v) is 9.17. The molecule has 3 aliphatic rings. The number of carbonyl (C=O) groups is 2. The van der Waals surface area contributed by atoms with E-state index in [0.717, 1.165) is 29.9 Å². The molecule has 5 heterocycles. The van der Waals surface area contributed by atoms with Gasteiger partial charge in [0, 0.05) is 30.9 Å². The fraction of sp³-hybridized carbons (Fsp3) is 0.474. The van der Waals surface area contributed by atoms with Gasteiger partial charge in [0.1, 0.15) is 11.6 Å². The van der Waals surface area contributed by atoms with Gasteiger partial charge in [0.25, 0.3) is 5.91 Å². The van der Waals surface area contributed by atoms with Crippen LogP contribution in [0.25, 0.3) is 0 Å². The Bertz CT molecular complexity index is 856. The molecule has 3 aliphatic heterocycles. The number of piperidine rings is 1. The number of aromatic nitrogens is 2. The zero-order chi connectivity index (χ0) is 19.1. The highest BCUT2D eigenvalue weighted by Crippen LogP contribution is 2.32. The van der Waals surface area contributed by atoms with E-state index < -0.39 is 0 Å². The number of aryl methyl sites for hydroxylation is 2. The third-order valence-electron chi connectivity index (χ3n) is 5.62. The Labute approximate surface area is 157 Å². The molecule has 0 aromatic carbocycles. The van der Waals surface area contributed by atoms with Crippen LogP contribution in [0.15, 0.2) is 22.9 Å². The average Bonchev–Trinajstić information content (AvgIpc) is 2.83. The van der Waals surface area contributed by atoms with E-state index in [0.29, 0.717) is 31.0 Å². The minimum absolute atomic E-state index is 0.00404. The standard InChI is InChI=1S/C19H23N5O3/c1-11-16(12(2)27-22-11)10-24-15-5-3-14(19(24)26)8-23(9-15)18(25)13-4-6-17(20)21-7-13/h4,6-7,14-15H,3,5,8-10H2,1-2H3,(H2,20,21). The van der Waals surface area contributed by atoms with Gasteiger partial charge >= 0.3 is 0 Å². The number of nitrogen functional groups attached to an aromatic ring is 1. The SMILES string of the molecule is Cc1noc(C)c1CN1C(=O)C2CCC1CN(C(=O)c1ccc(N)nc1)C2. The summed E-state index contributed by atoms with van der Waals surface area (Å²) in [5, 5.41) is 3.99. The van der Waals surface area contributed by atoms with Crippen molar-refractivity contribution in [1.29, 1.82) is 0 Å². The van der Waals surface area contributed by atoms with Crippen LogP contribution in [0, 0.1) is 19.8 Å². The van der Waals surface area contributed by atoms with Crippen LogP contribution in [-0.2, 0) is 11.3 Å². The second-order valence-corrected chi connectivity index (χ2v) is 7.38. The lowest BCUT2D eigenvalue weighted by atomic mass is 9.93. The van der Waals surface area contributed by atoms with Crippen LogP contribution in [0.4, 0.5) is 5.82 Å². The highest BCUT2D eigenvalue weighted by Gasteiger charge is 2.42. The summed E-state index contributed by atoms with van der Waals surface area (Å²) in [6.45, 7) is 5.19. The van der Waals surface area contributed by atoms with E-state index in [9.17, 15) is 9.59 Å². The Kier molecular flexibility index (Phi) is 4.33. The van der Waals surface area contributed by atoms with Gasteiger partial charge in [-0.25, -0.2) is 4.98 Å². The third-order valence-corrected chi connectivity index (χ3v) is 5.62. The van der Waals surface area contributed by atoms with E-state index in [4.69, 9.17) is 10.3 Å². The van der Waals surface area contributed by atoms with Gasteiger partial charge in [0.15, 0.2) is 0 Å². The van der Waals surface area contributed by atoms with Crippen molar-refractivity contribution < 1.29 is 14.1 Å². The first-order valence-electron chi connectivity index (χ1n) is 9.17. The number of fused-ring (bicyclic) bond motifs is 4. The van der Waals surface area contributed by atoms with Gasteiger partial charge < -0.3 is 20.1 Å². The van der Waals surface area contributed by atoms with Gasteiger partial charge in [-0.1, -0.05) is 5.16 Å². The van der Waals surface area contributed by atoms with Crippen LogP contribution in [0.2, 0.25) is 0 Å². The first-order chi connectivity index (χ1) is 12.9. The Morgan fingerprint density at radius 1 is 1.30 bits per heavy atom. The van der Waals surface area contributed by atoms with Gasteiger partial charge in [-0.2, -0.15) is 0 Å². The second-order valence-electron chi connectivity index (χ2n) is 7.38. The molecule has 2 N–H and O–H groups in total. The van der Waals surface area contributed by atoms with Crippen LogP contribution >= 0.6 is 0 Å². The Balaban J connectivity index is 1.57. The van der Waals surface area contributed by atoms with Gasteiger partial charge in [0.05, 0.1) is 23.7 Å². The van der Waals surface area contributed by atoms with Crippen molar-refractivity contribution in [3.05, 3.63) is 40.9 Å². The van der Waals surface area contributed by atoms with Crippen LogP contribution in [-0.4, -0.2) is 50.9 Å². The summed E-state index contributed by atoms with van der Waals surface area (Å²) in [6, 6.07) is 3.30. The van der Waals surface area contributed by atoms with Crippen molar-refractivity contribution in [2.24, 2.45) is 5.92 Å². The molecular weight excluding hydrogens is 346 g/mol. The Morgan fingerprint density at radius 2 is 2.11 bits per heavy atom. The minimum atomic E-state index is -0.171. The molecule has 0 aliphatic carbocycles. The average molecular weight is 369 g/mol. The van der Waals surface area contributed by atoms with Crippen LogP contribution in [0.1, 0.15) is 40.2 Å².